The third-order valence-electron chi connectivity index (χ3n) is 11.8. The zero-order chi connectivity index (χ0) is 36.7. The van der Waals surface area contributed by atoms with Crippen LogP contribution >= 0.6 is 11.3 Å². The fourth-order valence-electron chi connectivity index (χ4n) is 9.22. The Bertz CT molecular complexity index is 3130. The van der Waals surface area contributed by atoms with Gasteiger partial charge in [-0.3, -0.25) is 0 Å². The molecular formula is C53H37NS. The molecule has 1 aliphatic rings. The Balaban J connectivity index is 1.09. The first-order valence-electron chi connectivity index (χ1n) is 19.1. The van der Waals surface area contributed by atoms with Crippen LogP contribution in [0, 0.1) is 0 Å². The summed E-state index contributed by atoms with van der Waals surface area (Å²) in [5.74, 6) is 0. The van der Waals surface area contributed by atoms with Crippen LogP contribution in [0.4, 0.5) is 17.1 Å². The molecule has 9 aromatic carbocycles. The number of nitrogens with zero attached hydrogens (tertiary/aromatic N) is 1. The van der Waals surface area contributed by atoms with Crippen molar-refractivity contribution in [3.63, 3.8) is 0 Å². The van der Waals surface area contributed by atoms with E-state index in [1.807, 2.05) is 11.3 Å². The minimum Gasteiger partial charge on any atom is -0.309 e. The topological polar surface area (TPSA) is 3.24 Å². The molecule has 2 heteroatoms. The van der Waals surface area contributed by atoms with Gasteiger partial charge in [0.05, 0.1) is 10.4 Å². The van der Waals surface area contributed by atoms with Gasteiger partial charge < -0.3 is 4.90 Å². The van der Waals surface area contributed by atoms with Crippen LogP contribution in [0.1, 0.15) is 25.0 Å². The molecule has 0 bridgehead atoms. The van der Waals surface area contributed by atoms with E-state index in [0.29, 0.717) is 0 Å². The Morgan fingerprint density at radius 3 is 2.04 bits per heavy atom. The van der Waals surface area contributed by atoms with Crippen LogP contribution in [0.2, 0.25) is 0 Å². The predicted octanol–water partition coefficient (Wildman–Crippen LogP) is 15.5. The van der Waals surface area contributed by atoms with Crippen LogP contribution in [0.25, 0.3) is 75.1 Å². The normalized spacial score (nSPS) is 13.1. The molecule has 0 N–H and O–H groups in total. The van der Waals surface area contributed by atoms with Crippen LogP contribution in [-0.2, 0) is 5.41 Å². The first-order valence-corrected chi connectivity index (χ1v) is 19.9. The van der Waals surface area contributed by atoms with Crippen molar-refractivity contribution in [3.8, 4) is 33.4 Å². The summed E-state index contributed by atoms with van der Waals surface area (Å²) in [5, 5.41) is 7.67. The minimum absolute atomic E-state index is 0.0914. The first-order chi connectivity index (χ1) is 27.0. The van der Waals surface area contributed by atoms with E-state index in [-0.39, 0.29) is 5.41 Å². The number of rotatable bonds is 5. The Kier molecular flexibility index (Phi) is 7.14. The number of fused-ring (bicyclic) bond motifs is 9. The van der Waals surface area contributed by atoms with Crippen molar-refractivity contribution in [3.05, 3.63) is 199 Å². The summed E-state index contributed by atoms with van der Waals surface area (Å²) in [6.45, 7) is 4.77. The van der Waals surface area contributed by atoms with Crippen LogP contribution in [-0.4, -0.2) is 0 Å². The second kappa shape index (κ2) is 12.3. The third-order valence-corrected chi connectivity index (χ3v) is 13.0. The van der Waals surface area contributed by atoms with E-state index >= 15 is 0 Å². The molecule has 1 nitrogen and oxygen atoms in total. The van der Waals surface area contributed by atoms with Gasteiger partial charge in [-0.2, -0.15) is 0 Å². The Hall–Kier alpha value is -6.48. The Morgan fingerprint density at radius 2 is 1.13 bits per heavy atom. The van der Waals surface area contributed by atoms with Crippen molar-refractivity contribution in [1.82, 2.24) is 0 Å². The minimum atomic E-state index is -0.0914. The molecule has 0 saturated heterocycles. The molecule has 1 aliphatic carbocycles. The smallest absolute Gasteiger partial charge is 0.0640 e. The van der Waals surface area contributed by atoms with Crippen LogP contribution in [0.5, 0.6) is 0 Å². The standard InChI is InChI=1S/C53H37NS/c1-53(2)47-23-10-8-21-45(47)50-46(33-38-16-6-7-19-42(38)51(50)53)39-27-26-37-32-41(29-28-36(37)30-39)54(40-18-12-17-35(31-40)34-14-4-3-5-15-34)48-24-13-22-44-43-20-9-11-25-49(43)55-52(44)48/h3-33H,1-2H3. The second-order valence-corrected chi connectivity index (χ2v) is 16.4. The molecule has 0 unspecified atom stereocenters. The molecule has 0 amide bonds. The van der Waals surface area contributed by atoms with E-state index in [1.165, 1.54) is 91.9 Å². The highest BCUT2D eigenvalue weighted by Crippen LogP contribution is 2.55. The third kappa shape index (κ3) is 4.99. The number of benzene rings is 9. The van der Waals surface area contributed by atoms with Crippen LogP contribution in [0.15, 0.2) is 188 Å². The van der Waals surface area contributed by atoms with Crippen LogP contribution < -0.4 is 4.90 Å². The molecule has 0 fully saturated rings. The SMILES string of the molecule is CC1(C)c2ccccc2-c2c(-c3ccc4cc(N(c5cccc(-c6ccccc6)c5)c5cccc6c5sc5ccccc56)ccc4c3)cc3ccccc3c21. The van der Waals surface area contributed by atoms with Gasteiger partial charge >= 0.3 is 0 Å². The van der Waals surface area contributed by atoms with Crippen molar-refractivity contribution in [2.24, 2.45) is 0 Å². The molecule has 11 rings (SSSR count). The zero-order valence-corrected chi connectivity index (χ0v) is 31.6. The Labute approximate surface area is 325 Å². The average molecular weight is 720 g/mol. The number of thiophene rings is 1. The monoisotopic (exact) mass is 719 g/mol. The number of hydrogen-bond acceptors (Lipinski definition) is 2. The molecule has 0 atom stereocenters. The van der Waals surface area contributed by atoms with E-state index in [2.05, 4.69) is 207 Å². The molecule has 1 aromatic heterocycles. The van der Waals surface area contributed by atoms with Gasteiger partial charge in [0.1, 0.15) is 0 Å². The lowest BCUT2D eigenvalue weighted by Gasteiger charge is -2.27. The fraction of sp³-hybridized carbons (Fsp3) is 0.0566. The molecule has 55 heavy (non-hydrogen) atoms. The molecule has 260 valence electrons. The zero-order valence-electron chi connectivity index (χ0n) is 30.8. The summed E-state index contributed by atoms with van der Waals surface area (Å²) in [4.78, 5) is 2.45. The Morgan fingerprint density at radius 1 is 0.436 bits per heavy atom. The lowest BCUT2D eigenvalue weighted by Crippen LogP contribution is -2.15. The maximum Gasteiger partial charge on any atom is 0.0640 e. The van der Waals surface area contributed by atoms with Crippen LogP contribution in [0.3, 0.4) is 0 Å². The van der Waals surface area contributed by atoms with Gasteiger partial charge in [-0.25, -0.2) is 0 Å². The summed E-state index contributed by atoms with van der Waals surface area (Å²) in [7, 11) is 0. The van der Waals surface area contributed by atoms with Gasteiger partial charge in [-0.1, -0.05) is 153 Å². The quantitative estimate of drug-likeness (QED) is 0.171. The molecule has 10 aromatic rings. The lowest BCUT2D eigenvalue weighted by atomic mass is 9.79. The number of hydrogen-bond donors (Lipinski definition) is 0. The predicted molar refractivity (Wildman–Crippen MR) is 237 cm³/mol. The lowest BCUT2D eigenvalue weighted by molar-refractivity contribution is 0.666. The molecule has 0 radical (unpaired) electrons. The summed E-state index contributed by atoms with van der Waals surface area (Å²) in [5.41, 5.74) is 13.9. The van der Waals surface area contributed by atoms with Gasteiger partial charge in [-0.05, 0) is 115 Å². The van der Waals surface area contributed by atoms with Gasteiger partial charge in [0, 0.05) is 32.3 Å². The number of anilines is 3. The molecular weight excluding hydrogens is 683 g/mol. The van der Waals surface area contributed by atoms with Gasteiger partial charge in [0.25, 0.3) is 0 Å². The summed E-state index contributed by atoms with van der Waals surface area (Å²) >= 11 is 1.87. The van der Waals surface area contributed by atoms with Gasteiger partial charge in [0.15, 0.2) is 0 Å². The van der Waals surface area contributed by atoms with Crippen molar-refractivity contribution in [2.75, 3.05) is 4.90 Å². The molecule has 0 aliphatic heterocycles. The maximum atomic E-state index is 2.45. The van der Waals surface area contributed by atoms with E-state index < -0.39 is 0 Å². The van der Waals surface area contributed by atoms with Gasteiger partial charge in [0.2, 0.25) is 0 Å². The van der Waals surface area contributed by atoms with E-state index in [1.54, 1.807) is 0 Å². The van der Waals surface area contributed by atoms with E-state index in [0.717, 1.165) is 11.4 Å². The second-order valence-electron chi connectivity index (χ2n) is 15.3. The highest BCUT2D eigenvalue weighted by Gasteiger charge is 2.38. The molecule has 0 spiro atoms. The highest BCUT2D eigenvalue weighted by atomic mass is 32.1. The van der Waals surface area contributed by atoms with Crippen molar-refractivity contribution >= 4 is 70.1 Å². The molecule has 0 saturated carbocycles. The van der Waals surface area contributed by atoms with E-state index in [9.17, 15) is 0 Å². The average Bonchev–Trinajstić information content (AvgIpc) is 3.74. The largest absolute Gasteiger partial charge is 0.309 e. The van der Waals surface area contributed by atoms with Gasteiger partial charge in [-0.15, -0.1) is 11.3 Å². The highest BCUT2D eigenvalue weighted by molar-refractivity contribution is 7.26. The van der Waals surface area contributed by atoms with Crippen molar-refractivity contribution in [1.29, 1.82) is 0 Å². The van der Waals surface area contributed by atoms with Crippen molar-refractivity contribution in [2.45, 2.75) is 19.3 Å². The summed E-state index contributed by atoms with van der Waals surface area (Å²) < 4.78 is 2.60. The summed E-state index contributed by atoms with van der Waals surface area (Å²) in [6, 6.07) is 69.5. The van der Waals surface area contributed by atoms with Crippen molar-refractivity contribution < 1.29 is 0 Å². The maximum absolute atomic E-state index is 2.45. The summed E-state index contributed by atoms with van der Waals surface area (Å²) in [6.07, 6.45) is 0. The fourth-order valence-corrected chi connectivity index (χ4v) is 10.4. The molecule has 1 heterocycles. The first kappa shape index (κ1) is 32.0. The van der Waals surface area contributed by atoms with E-state index in [4.69, 9.17) is 0 Å².